The van der Waals surface area contributed by atoms with E-state index in [1.165, 1.54) is 0 Å². The molecule has 0 saturated heterocycles. The highest BCUT2D eigenvalue weighted by molar-refractivity contribution is 7.09. The Labute approximate surface area is 135 Å². The number of thiazole rings is 1. The zero-order chi connectivity index (χ0) is 16.3. The molecule has 5 heteroatoms. The monoisotopic (exact) mass is 318 g/mol. The van der Waals surface area contributed by atoms with E-state index in [0.717, 1.165) is 27.5 Å². The van der Waals surface area contributed by atoms with Crippen molar-refractivity contribution in [1.29, 1.82) is 0 Å². The normalized spacial score (nSPS) is 11.5. The number of carbonyl (C=O) groups excluding carboxylic acids is 1. The zero-order valence-corrected chi connectivity index (χ0v) is 14.3. The maximum absolute atomic E-state index is 12.2. The van der Waals surface area contributed by atoms with Crippen molar-refractivity contribution in [2.75, 3.05) is 5.32 Å². The third-order valence-electron chi connectivity index (χ3n) is 3.29. The van der Waals surface area contributed by atoms with Crippen LogP contribution in [0.3, 0.4) is 0 Å². The molecule has 22 heavy (non-hydrogen) atoms. The van der Waals surface area contributed by atoms with Crippen LogP contribution in [0.4, 0.5) is 5.69 Å². The fourth-order valence-corrected chi connectivity index (χ4v) is 2.90. The predicted molar refractivity (Wildman–Crippen MR) is 90.2 cm³/mol. The number of aryl methyl sites for hydroxylation is 1. The number of aliphatic hydroxyl groups excluding tert-OH is 1. The zero-order valence-electron chi connectivity index (χ0n) is 13.4. The summed E-state index contributed by atoms with van der Waals surface area (Å²) in [4.78, 5) is 16.7. The Bertz CT molecular complexity index is 672. The number of anilines is 1. The maximum atomic E-state index is 12.2. The van der Waals surface area contributed by atoms with Crippen molar-refractivity contribution in [2.24, 2.45) is 0 Å². The predicted octanol–water partition coefficient (Wildman–Crippen LogP) is 3.42. The summed E-state index contributed by atoms with van der Waals surface area (Å²) in [5.41, 5.74) is 3.29. The smallest absolute Gasteiger partial charge is 0.230 e. The largest absolute Gasteiger partial charge is 0.392 e. The second-order valence-electron chi connectivity index (χ2n) is 6.43. The Balaban J connectivity index is 2.06. The molecule has 2 aromatic rings. The van der Waals surface area contributed by atoms with Gasteiger partial charge in [-0.15, -0.1) is 11.3 Å². The van der Waals surface area contributed by atoms with Gasteiger partial charge in [-0.05, 0) is 24.1 Å². The molecule has 0 fully saturated rings. The van der Waals surface area contributed by atoms with E-state index in [9.17, 15) is 9.90 Å². The van der Waals surface area contributed by atoms with Crippen LogP contribution in [0.15, 0.2) is 23.6 Å². The number of hydrogen-bond acceptors (Lipinski definition) is 4. The molecule has 0 saturated carbocycles. The summed E-state index contributed by atoms with van der Waals surface area (Å²) in [5, 5.41) is 15.1. The van der Waals surface area contributed by atoms with Crippen molar-refractivity contribution in [2.45, 2.75) is 46.1 Å². The fourth-order valence-electron chi connectivity index (χ4n) is 1.99. The average Bonchev–Trinajstić information content (AvgIpc) is 2.89. The number of aliphatic hydroxyl groups is 1. The SMILES string of the molecule is Cc1ccc(CO)cc1NC(=O)Cc1csc(C(C)(C)C)n1. The highest BCUT2D eigenvalue weighted by atomic mass is 32.1. The van der Waals surface area contributed by atoms with Crippen molar-refractivity contribution in [3.63, 3.8) is 0 Å². The van der Waals surface area contributed by atoms with Crippen LogP contribution in [-0.4, -0.2) is 16.0 Å². The quantitative estimate of drug-likeness (QED) is 0.908. The van der Waals surface area contributed by atoms with Crippen LogP contribution < -0.4 is 5.32 Å². The molecular formula is C17H22N2O2S. The molecule has 1 amide bonds. The Hall–Kier alpha value is -1.72. The number of aromatic nitrogens is 1. The van der Waals surface area contributed by atoms with Crippen LogP contribution in [0.2, 0.25) is 0 Å². The number of hydrogen-bond donors (Lipinski definition) is 2. The van der Waals surface area contributed by atoms with E-state index in [1.54, 1.807) is 17.4 Å². The molecule has 1 heterocycles. The Morgan fingerprint density at radius 1 is 1.36 bits per heavy atom. The molecule has 0 aliphatic carbocycles. The molecule has 118 valence electrons. The third kappa shape index (κ3) is 4.15. The number of rotatable bonds is 4. The van der Waals surface area contributed by atoms with Gasteiger partial charge in [0.1, 0.15) is 0 Å². The van der Waals surface area contributed by atoms with Crippen molar-refractivity contribution in [3.05, 3.63) is 45.4 Å². The van der Waals surface area contributed by atoms with E-state index in [2.05, 4.69) is 31.1 Å². The minimum atomic E-state index is -0.0936. The molecule has 0 radical (unpaired) electrons. The first-order chi connectivity index (χ1) is 10.3. The van der Waals surface area contributed by atoms with Crippen LogP contribution in [-0.2, 0) is 23.2 Å². The summed E-state index contributed by atoms with van der Waals surface area (Å²) in [5.74, 6) is -0.0936. The van der Waals surface area contributed by atoms with Crippen LogP contribution in [0.25, 0.3) is 0 Å². The van der Waals surface area contributed by atoms with Crippen LogP contribution in [0, 0.1) is 6.92 Å². The van der Waals surface area contributed by atoms with Gasteiger partial charge in [0.15, 0.2) is 0 Å². The Morgan fingerprint density at radius 3 is 2.68 bits per heavy atom. The van der Waals surface area contributed by atoms with Crippen molar-refractivity contribution in [3.8, 4) is 0 Å². The molecule has 0 aliphatic heterocycles. The lowest BCUT2D eigenvalue weighted by Gasteiger charge is -2.13. The average molecular weight is 318 g/mol. The first kappa shape index (κ1) is 16.6. The van der Waals surface area contributed by atoms with Gasteiger partial charge in [0.05, 0.1) is 23.7 Å². The Morgan fingerprint density at radius 2 is 2.09 bits per heavy atom. The summed E-state index contributed by atoms with van der Waals surface area (Å²) in [7, 11) is 0. The molecule has 2 N–H and O–H groups in total. The van der Waals surface area contributed by atoms with Crippen LogP contribution in [0.5, 0.6) is 0 Å². The molecule has 0 aliphatic rings. The molecule has 0 atom stereocenters. The molecule has 4 nitrogen and oxygen atoms in total. The molecule has 1 aromatic heterocycles. The maximum Gasteiger partial charge on any atom is 0.230 e. The van der Waals surface area contributed by atoms with E-state index in [0.29, 0.717) is 0 Å². The van der Waals surface area contributed by atoms with Gasteiger partial charge in [0.25, 0.3) is 0 Å². The number of benzene rings is 1. The number of nitrogens with one attached hydrogen (secondary N) is 1. The van der Waals surface area contributed by atoms with Crippen molar-refractivity contribution >= 4 is 22.9 Å². The van der Waals surface area contributed by atoms with E-state index in [4.69, 9.17) is 0 Å². The number of amides is 1. The molecule has 0 unspecified atom stereocenters. The summed E-state index contributed by atoms with van der Waals surface area (Å²) >= 11 is 1.59. The molecule has 1 aromatic carbocycles. The third-order valence-corrected chi connectivity index (χ3v) is 4.61. The molecule has 2 rings (SSSR count). The van der Waals surface area contributed by atoms with E-state index < -0.39 is 0 Å². The van der Waals surface area contributed by atoms with Crippen LogP contribution >= 0.6 is 11.3 Å². The summed E-state index contributed by atoms with van der Waals surface area (Å²) in [6.07, 6.45) is 0.259. The Kier molecular flexibility index (Phi) is 4.98. The molecular weight excluding hydrogens is 296 g/mol. The molecule has 0 spiro atoms. The standard InChI is InChI=1S/C17H22N2O2S/c1-11-5-6-12(9-20)7-14(11)19-15(21)8-13-10-22-16(18-13)17(2,3)4/h5-7,10,20H,8-9H2,1-4H3,(H,19,21). The van der Waals surface area contributed by atoms with Crippen molar-refractivity contribution in [1.82, 2.24) is 4.98 Å². The lowest BCUT2D eigenvalue weighted by atomic mass is 9.98. The second kappa shape index (κ2) is 6.58. The first-order valence-electron chi connectivity index (χ1n) is 7.24. The van der Waals surface area contributed by atoms with E-state index in [-0.39, 0.29) is 24.3 Å². The van der Waals surface area contributed by atoms with E-state index >= 15 is 0 Å². The molecule has 0 bridgehead atoms. The second-order valence-corrected chi connectivity index (χ2v) is 7.28. The lowest BCUT2D eigenvalue weighted by Crippen LogP contribution is -2.16. The lowest BCUT2D eigenvalue weighted by molar-refractivity contribution is -0.115. The van der Waals surface area contributed by atoms with Gasteiger partial charge in [0, 0.05) is 16.5 Å². The number of nitrogens with zero attached hydrogens (tertiary/aromatic N) is 1. The summed E-state index contributed by atoms with van der Waals surface area (Å²) in [6.45, 7) is 8.22. The van der Waals surface area contributed by atoms with Gasteiger partial charge in [-0.2, -0.15) is 0 Å². The minimum absolute atomic E-state index is 0.00540. The topological polar surface area (TPSA) is 62.2 Å². The highest BCUT2D eigenvalue weighted by Crippen LogP contribution is 2.26. The van der Waals surface area contributed by atoms with Gasteiger partial charge < -0.3 is 10.4 Å². The van der Waals surface area contributed by atoms with Gasteiger partial charge >= 0.3 is 0 Å². The summed E-state index contributed by atoms with van der Waals surface area (Å²) in [6, 6.07) is 5.54. The van der Waals surface area contributed by atoms with Crippen LogP contribution in [0.1, 0.15) is 42.6 Å². The highest BCUT2D eigenvalue weighted by Gasteiger charge is 2.19. The van der Waals surface area contributed by atoms with Crippen molar-refractivity contribution < 1.29 is 9.90 Å². The number of carbonyl (C=O) groups is 1. The fraction of sp³-hybridized carbons (Fsp3) is 0.412. The first-order valence-corrected chi connectivity index (χ1v) is 8.12. The summed E-state index contributed by atoms with van der Waals surface area (Å²) < 4.78 is 0. The minimum Gasteiger partial charge on any atom is -0.392 e. The van der Waals surface area contributed by atoms with Gasteiger partial charge in [-0.25, -0.2) is 4.98 Å². The van der Waals surface area contributed by atoms with E-state index in [1.807, 2.05) is 24.4 Å². The van der Waals surface area contributed by atoms with Gasteiger partial charge in [0.2, 0.25) is 5.91 Å². The van der Waals surface area contributed by atoms with Gasteiger partial charge in [-0.3, -0.25) is 4.79 Å². The van der Waals surface area contributed by atoms with Gasteiger partial charge in [-0.1, -0.05) is 32.9 Å².